The monoisotopic (exact) mass is 342 g/mol. The van der Waals surface area contributed by atoms with E-state index < -0.39 is 0 Å². The van der Waals surface area contributed by atoms with E-state index >= 15 is 0 Å². The summed E-state index contributed by atoms with van der Waals surface area (Å²) in [6.07, 6.45) is 0.222. The van der Waals surface area contributed by atoms with Gasteiger partial charge in [0.05, 0.1) is 5.92 Å². The molecular weight excluding hydrogens is 324 g/mol. The van der Waals surface area contributed by atoms with E-state index in [0.29, 0.717) is 17.3 Å². The van der Waals surface area contributed by atoms with E-state index in [9.17, 15) is 9.59 Å². The third-order valence-electron chi connectivity index (χ3n) is 4.11. The van der Waals surface area contributed by atoms with Gasteiger partial charge in [-0.15, -0.1) is 0 Å². The molecule has 2 aromatic carbocycles. The molecule has 2 amide bonds. The maximum atomic E-state index is 12.4. The van der Waals surface area contributed by atoms with Crippen molar-refractivity contribution < 1.29 is 9.59 Å². The van der Waals surface area contributed by atoms with Crippen molar-refractivity contribution in [1.29, 1.82) is 0 Å². The van der Waals surface area contributed by atoms with Crippen LogP contribution in [0.4, 0.5) is 11.4 Å². The van der Waals surface area contributed by atoms with E-state index in [0.717, 1.165) is 16.8 Å². The van der Waals surface area contributed by atoms with E-state index in [4.69, 9.17) is 11.6 Å². The summed E-state index contributed by atoms with van der Waals surface area (Å²) in [5.74, 6) is -0.541. The fraction of sp³-hybridized carbons (Fsp3) is 0.263. The van der Waals surface area contributed by atoms with Gasteiger partial charge in [0.25, 0.3) is 0 Å². The Morgan fingerprint density at radius 3 is 2.54 bits per heavy atom. The van der Waals surface area contributed by atoms with Gasteiger partial charge < -0.3 is 10.2 Å². The van der Waals surface area contributed by atoms with Crippen LogP contribution < -0.4 is 10.2 Å². The summed E-state index contributed by atoms with van der Waals surface area (Å²) in [5.41, 5.74) is 3.70. The molecular formula is C19H19ClN2O2. The average Bonchev–Trinajstić information content (AvgIpc) is 2.88. The molecule has 0 saturated carbocycles. The second-order valence-corrected chi connectivity index (χ2v) is 6.69. The molecule has 1 saturated heterocycles. The zero-order valence-electron chi connectivity index (χ0n) is 13.7. The van der Waals surface area contributed by atoms with Gasteiger partial charge in [-0.25, -0.2) is 0 Å². The Morgan fingerprint density at radius 1 is 1.17 bits per heavy atom. The van der Waals surface area contributed by atoms with E-state index in [1.807, 2.05) is 26.0 Å². The number of hydrogen-bond acceptors (Lipinski definition) is 2. The molecule has 24 heavy (non-hydrogen) atoms. The zero-order valence-corrected chi connectivity index (χ0v) is 14.4. The molecule has 1 N–H and O–H groups in total. The van der Waals surface area contributed by atoms with Crippen LogP contribution in [-0.4, -0.2) is 18.4 Å². The van der Waals surface area contributed by atoms with Crippen LogP contribution >= 0.6 is 11.6 Å². The van der Waals surface area contributed by atoms with Crippen LogP contribution in [0.25, 0.3) is 0 Å². The Morgan fingerprint density at radius 2 is 1.88 bits per heavy atom. The number of carbonyl (C=O) groups excluding carboxylic acids is 2. The molecule has 0 radical (unpaired) electrons. The summed E-state index contributed by atoms with van der Waals surface area (Å²) in [6, 6.07) is 13.0. The number of benzene rings is 2. The summed E-state index contributed by atoms with van der Waals surface area (Å²) < 4.78 is 0. The number of amides is 2. The second-order valence-electron chi connectivity index (χ2n) is 6.25. The smallest absolute Gasteiger partial charge is 0.229 e. The quantitative estimate of drug-likeness (QED) is 0.918. The minimum atomic E-state index is -0.364. The number of hydrogen-bond donors (Lipinski definition) is 1. The van der Waals surface area contributed by atoms with E-state index in [-0.39, 0.29) is 24.2 Å². The predicted molar refractivity (Wildman–Crippen MR) is 96.5 cm³/mol. The first-order valence-electron chi connectivity index (χ1n) is 7.87. The normalized spacial score (nSPS) is 17.2. The number of aryl methyl sites for hydroxylation is 2. The van der Waals surface area contributed by atoms with Gasteiger partial charge in [0.15, 0.2) is 0 Å². The first kappa shape index (κ1) is 16.5. The van der Waals surface area contributed by atoms with Crippen molar-refractivity contribution in [1.82, 2.24) is 0 Å². The molecule has 0 bridgehead atoms. The maximum Gasteiger partial charge on any atom is 0.229 e. The fourth-order valence-electron chi connectivity index (χ4n) is 3.05. The van der Waals surface area contributed by atoms with Gasteiger partial charge in [0.1, 0.15) is 0 Å². The van der Waals surface area contributed by atoms with Gasteiger partial charge in [-0.1, -0.05) is 23.7 Å². The van der Waals surface area contributed by atoms with Crippen LogP contribution in [0.1, 0.15) is 17.5 Å². The van der Waals surface area contributed by atoms with Crippen molar-refractivity contribution in [2.24, 2.45) is 5.92 Å². The highest BCUT2D eigenvalue weighted by Crippen LogP contribution is 2.28. The fourth-order valence-corrected chi connectivity index (χ4v) is 3.24. The lowest BCUT2D eigenvalue weighted by Crippen LogP contribution is -2.28. The Kier molecular flexibility index (Phi) is 4.58. The first-order valence-corrected chi connectivity index (χ1v) is 8.25. The molecule has 0 unspecified atom stereocenters. The second kappa shape index (κ2) is 6.65. The van der Waals surface area contributed by atoms with Gasteiger partial charge in [-0.2, -0.15) is 0 Å². The van der Waals surface area contributed by atoms with Crippen molar-refractivity contribution in [2.75, 3.05) is 16.8 Å². The van der Waals surface area contributed by atoms with Crippen LogP contribution in [0.5, 0.6) is 0 Å². The summed E-state index contributed by atoms with van der Waals surface area (Å²) >= 11 is 5.93. The minimum absolute atomic E-state index is 0.0220. The van der Waals surface area contributed by atoms with Crippen LogP contribution in [0, 0.1) is 19.8 Å². The van der Waals surface area contributed by atoms with Gasteiger partial charge in [-0.3, -0.25) is 9.59 Å². The van der Waals surface area contributed by atoms with Crippen molar-refractivity contribution in [3.63, 3.8) is 0 Å². The lowest BCUT2D eigenvalue weighted by Gasteiger charge is -2.18. The van der Waals surface area contributed by atoms with E-state index in [1.54, 1.807) is 29.2 Å². The van der Waals surface area contributed by atoms with Crippen LogP contribution in [0.3, 0.4) is 0 Å². The molecule has 2 aromatic rings. The summed E-state index contributed by atoms with van der Waals surface area (Å²) in [5, 5.41) is 3.40. The number of rotatable bonds is 3. The number of halogens is 1. The molecule has 3 rings (SSSR count). The molecule has 124 valence electrons. The molecule has 0 aliphatic carbocycles. The molecule has 5 heteroatoms. The number of carbonyl (C=O) groups is 2. The Labute approximate surface area is 146 Å². The zero-order chi connectivity index (χ0) is 17.3. The van der Waals surface area contributed by atoms with Crippen molar-refractivity contribution in [3.8, 4) is 0 Å². The van der Waals surface area contributed by atoms with Crippen LogP contribution in [-0.2, 0) is 9.59 Å². The first-order chi connectivity index (χ1) is 11.4. The Balaban J connectivity index is 1.73. The Hall–Kier alpha value is -2.33. The van der Waals surface area contributed by atoms with Gasteiger partial charge in [0, 0.05) is 29.4 Å². The summed E-state index contributed by atoms with van der Waals surface area (Å²) in [7, 11) is 0. The predicted octanol–water partition coefficient (Wildman–Crippen LogP) is 3.95. The largest absolute Gasteiger partial charge is 0.326 e. The molecule has 1 fully saturated rings. The molecule has 0 aromatic heterocycles. The molecule has 1 heterocycles. The Bertz CT molecular complexity index is 783. The van der Waals surface area contributed by atoms with Crippen molar-refractivity contribution in [2.45, 2.75) is 20.3 Å². The highest BCUT2D eigenvalue weighted by Gasteiger charge is 2.35. The van der Waals surface area contributed by atoms with Crippen LogP contribution in [0.2, 0.25) is 5.02 Å². The van der Waals surface area contributed by atoms with Crippen molar-refractivity contribution in [3.05, 3.63) is 58.6 Å². The summed E-state index contributed by atoms with van der Waals surface area (Å²) in [6.45, 7) is 4.40. The standard InChI is InChI=1S/C19H19ClN2O2/c1-12-6-13(2)8-17(7-12)22-11-14(9-18(22)23)19(24)21-16-5-3-4-15(20)10-16/h3-8,10,14H,9,11H2,1-2H3,(H,21,24)/t14-/m1/s1. The lowest BCUT2D eigenvalue weighted by molar-refractivity contribution is -0.122. The van der Waals surface area contributed by atoms with Gasteiger partial charge in [0.2, 0.25) is 11.8 Å². The third kappa shape index (κ3) is 3.60. The summed E-state index contributed by atoms with van der Waals surface area (Å²) in [4.78, 5) is 26.5. The highest BCUT2D eigenvalue weighted by molar-refractivity contribution is 6.30. The highest BCUT2D eigenvalue weighted by atomic mass is 35.5. The SMILES string of the molecule is Cc1cc(C)cc(N2C[C@H](C(=O)Nc3cccc(Cl)c3)CC2=O)c1. The van der Waals surface area contributed by atoms with E-state index in [2.05, 4.69) is 11.4 Å². The van der Waals surface area contributed by atoms with E-state index in [1.165, 1.54) is 0 Å². The number of nitrogens with one attached hydrogen (secondary N) is 1. The average molecular weight is 343 g/mol. The molecule has 4 nitrogen and oxygen atoms in total. The minimum Gasteiger partial charge on any atom is -0.326 e. The molecule has 1 atom stereocenters. The van der Waals surface area contributed by atoms with Crippen LogP contribution in [0.15, 0.2) is 42.5 Å². The van der Waals surface area contributed by atoms with Gasteiger partial charge >= 0.3 is 0 Å². The third-order valence-corrected chi connectivity index (χ3v) is 4.34. The molecule has 0 spiro atoms. The van der Waals surface area contributed by atoms with Gasteiger partial charge in [-0.05, 0) is 55.3 Å². The van der Waals surface area contributed by atoms with Crippen molar-refractivity contribution >= 4 is 34.8 Å². The number of anilines is 2. The molecule has 1 aliphatic heterocycles. The lowest BCUT2D eigenvalue weighted by atomic mass is 10.1. The number of nitrogens with zero attached hydrogens (tertiary/aromatic N) is 1. The topological polar surface area (TPSA) is 49.4 Å². The maximum absolute atomic E-state index is 12.4. The molecule has 1 aliphatic rings.